The van der Waals surface area contributed by atoms with Gasteiger partial charge in [0, 0.05) is 29.6 Å². The number of aromatic nitrogens is 2. The van der Waals surface area contributed by atoms with Crippen LogP contribution in [0.5, 0.6) is 0 Å². The highest BCUT2D eigenvalue weighted by Crippen LogP contribution is 2.40. The van der Waals surface area contributed by atoms with Crippen molar-refractivity contribution < 1.29 is 19.4 Å². The average molecular weight is 457 g/mol. The molecule has 1 unspecified atom stereocenters. The van der Waals surface area contributed by atoms with Gasteiger partial charge in [-0.15, -0.1) is 0 Å². The van der Waals surface area contributed by atoms with Crippen LogP contribution in [-0.2, 0) is 39.6 Å². The molecule has 5 heterocycles. The lowest BCUT2D eigenvalue weighted by Gasteiger charge is -2.31. The van der Waals surface area contributed by atoms with Crippen LogP contribution in [0.1, 0.15) is 48.4 Å². The lowest BCUT2D eigenvalue weighted by Crippen LogP contribution is -2.44. The molecule has 8 nitrogen and oxygen atoms in total. The normalized spacial score (nSPS) is 20.7. The molecule has 1 atom stereocenters. The predicted molar refractivity (Wildman–Crippen MR) is 123 cm³/mol. The largest absolute Gasteiger partial charge is 0.458 e. The molecule has 0 saturated carbocycles. The zero-order valence-corrected chi connectivity index (χ0v) is 18.8. The number of hydrogen-bond acceptors (Lipinski definition) is 7. The third kappa shape index (κ3) is 2.76. The summed E-state index contributed by atoms with van der Waals surface area (Å²) in [7, 11) is 0. The van der Waals surface area contributed by atoms with Crippen LogP contribution in [0, 0.1) is 0 Å². The van der Waals surface area contributed by atoms with Crippen molar-refractivity contribution in [2.24, 2.45) is 0 Å². The molecule has 1 aromatic carbocycles. The van der Waals surface area contributed by atoms with E-state index in [1.807, 2.05) is 29.2 Å². The summed E-state index contributed by atoms with van der Waals surface area (Å²) >= 11 is 0. The molecule has 34 heavy (non-hydrogen) atoms. The fourth-order valence-corrected chi connectivity index (χ4v) is 5.50. The molecule has 1 saturated heterocycles. The smallest absolute Gasteiger partial charge is 0.343 e. The maximum atomic E-state index is 13.5. The number of pyridine rings is 2. The second kappa shape index (κ2) is 7.38. The van der Waals surface area contributed by atoms with E-state index in [9.17, 15) is 19.5 Å². The van der Waals surface area contributed by atoms with Crippen molar-refractivity contribution in [3.8, 4) is 11.4 Å². The number of carbonyl (C=O) groups excluding carboxylic acids is 2. The standard InChI is InChI=1S/C26H23N3O5/c1-2-26(33)20-10-22-23-18(12-29(22)24(31)19(20)14-34-25(26)32)17(11-28-9-5-6-15(28)13-30)16-7-3-4-8-21(16)27-23/h3-4,7-8,10,33H,2,5-6,9,11-12,14H2,1H3. The van der Waals surface area contributed by atoms with Crippen molar-refractivity contribution in [1.82, 2.24) is 14.5 Å². The Hall–Kier alpha value is -3.74. The SMILES string of the molecule is CCC1(O)C(=O)OCc2c1cc1n(c2=O)Cc2c-1nc1ccccc1c2CN1CCCC1=C=O. The highest BCUT2D eigenvalue weighted by atomic mass is 16.6. The lowest BCUT2D eigenvalue weighted by molar-refractivity contribution is -0.172. The van der Waals surface area contributed by atoms with Crippen LogP contribution >= 0.6 is 0 Å². The van der Waals surface area contributed by atoms with Crippen molar-refractivity contribution >= 4 is 22.8 Å². The first kappa shape index (κ1) is 20.8. The van der Waals surface area contributed by atoms with E-state index in [1.165, 1.54) is 0 Å². The summed E-state index contributed by atoms with van der Waals surface area (Å²) in [5.41, 5.74) is 3.12. The van der Waals surface area contributed by atoms with E-state index in [0.717, 1.165) is 35.0 Å². The number of likely N-dealkylation sites (tertiary alicyclic amines) is 1. The van der Waals surface area contributed by atoms with E-state index in [1.54, 1.807) is 17.6 Å². The van der Waals surface area contributed by atoms with Crippen LogP contribution in [0.2, 0.25) is 0 Å². The molecule has 0 aliphatic carbocycles. The lowest BCUT2D eigenvalue weighted by atomic mass is 9.86. The highest BCUT2D eigenvalue weighted by Gasteiger charge is 2.45. The summed E-state index contributed by atoms with van der Waals surface area (Å²) in [5, 5.41) is 12.1. The average Bonchev–Trinajstić information content (AvgIpc) is 3.46. The number of rotatable bonds is 3. The van der Waals surface area contributed by atoms with Gasteiger partial charge in [-0.3, -0.25) is 4.79 Å². The van der Waals surface area contributed by atoms with E-state index in [-0.39, 0.29) is 18.6 Å². The molecule has 3 aromatic rings. The minimum atomic E-state index is -1.86. The molecule has 1 fully saturated rings. The minimum Gasteiger partial charge on any atom is -0.458 e. The third-order valence-corrected chi connectivity index (χ3v) is 7.40. The van der Waals surface area contributed by atoms with Crippen molar-refractivity contribution in [2.45, 2.75) is 51.5 Å². The second-order valence-electron chi connectivity index (χ2n) is 9.11. The Morgan fingerprint density at radius 2 is 2.06 bits per heavy atom. The topological polar surface area (TPSA) is 102 Å². The van der Waals surface area contributed by atoms with Gasteiger partial charge in [0.25, 0.3) is 5.56 Å². The van der Waals surface area contributed by atoms with Crippen LogP contribution in [0.3, 0.4) is 0 Å². The van der Waals surface area contributed by atoms with Gasteiger partial charge >= 0.3 is 5.97 Å². The third-order valence-electron chi connectivity index (χ3n) is 7.40. The van der Waals surface area contributed by atoms with Gasteiger partial charge < -0.3 is 19.3 Å². The van der Waals surface area contributed by atoms with Crippen molar-refractivity contribution in [1.29, 1.82) is 0 Å². The molecule has 3 aliphatic rings. The number of esters is 1. The summed E-state index contributed by atoms with van der Waals surface area (Å²) in [6, 6.07) is 9.54. The molecule has 6 rings (SSSR count). The molecule has 0 bridgehead atoms. The summed E-state index contributed by atoms with van der Waals surface area (Å²) < 4.78 is 6.81. The molecule has 8 heteroatoms. The molecule has 0 spiro atoms. The number of para-hydroxylation sites is 1. The van der Waals surface area contributed by atoms with E-state index in [2.05, 4.69) is 5.94 Å². The number of cyclic esters (lactones) is 1. The van der Waals surface area contributed by atoms with Gasteiger partial charge in [-0.25, -0.2) is 14.6 Å². The Bertz CT molecular complexity index is 1500. The molecule has 2 aromatic heterocycles. The number of ether oxygens (including phenoxy) is 1. The summed E-state index contributed by atoms with van der Waals surface area (Å²) in [6.45, 7) is 3.16. The molecular weight excluding hydrogens is 434 g/mol. The number of fused-ring (bicyclic) bond motifs is 5. The van der Waals surface area contributed by atoms with Gasteiger partial charge in [-0.1, -0.05) is 25.1 Å². The van der Waals surface area contributed by atoms with E-state index >= 15 is 0 Å². The summed E-state index contributed by atoms with van der Waals surface area (Å²) in [4.78, 5) is 44.3. The second-order valence-corrected chi connectivity index (χ2v) is 9.11. The number of benzene rings is 1. The van der Waals surface area contributed by atoms with Gasteiger partial charge in [0.15, 0.2) is 5.60 Å². The molecule has 3 aliphatic heterocycles. The van der Waals surface area contributed by atoms with Crippen LogP contribution in [0.4, 0.5) is 0 Å². The maximum Gasteiger partial charge on any atom is 0.343 e. The first-order valence-electron chi connectivity index (χ1n) is 11.5. The van der Waals surface area contributed by atoms with Gasteiger partial charge in [-0.2, -0.15) is 0 Å². The van der Waals surface area contributed by atoms with Gasteiger partial charge in [-0.05, 0) is 37.0 Å². The van der Waals surface area contributed by atoms with E-state index < -0.39 is 11.6 Å². The first-order chi connectivity index (χ1) is 16.5. The van der Waals surface area contributed by atoms with E-state index in [0.29, 0.717) is 47.7 Å². The van der Waals surface area contributed by atoms with Crippen molar-refractivity contribution in [3.05, 3.63) is 68.6 Å². The monoisotopic (exact) mass is 457 g/mol. The summed E-state index contributed by atoms with van der Waals surface area (Å²) in [5.74, 6) is 1.34. The van der Waals surface area contributed by atoms with Crippen molar-refractivity contribution in [3.63, 3.8) is 0 Å². The Morgan fingerprint density at radius 1 is 1.24 bits per heavy atom. The van der Waals surface area contributed by atoms with Crippen LogP contribution in [0.15, 0.2) is 40.8 Å². The Labute approximate surface area is 195 Å². The number of aliphatic hydroxyl groups is 1. The Kier molecular flexibility index (Phi) is 4.52. The number of allylic oxidation sites excluding steroid dienone is 1. The van der Waals surface area contributed by atoms with Gasteiger partial charge in [0.1, 0.15) is 12.5 Å². The first-order valence-corrected chi connectivity index (χ1v) is 11.5. The van der Waals surface area contributed by atoms with Gasteiger partial charge in [0.05, 0.1) is 34.7 Å². The fourth-order valence-electron chi connectivity index (χ4n) is 5.50. The zero-order chi connectivity index (χ0) is 23.6. The predicted octanol–water partition coefficient (Wildman–Crippen LogP) is 2.39. The highest BCUT2D eigenvalue weighted by molar-refractivity contribution is 5.89. The molecule has 172 valence electrons. The number of hydrogen-bond donors (Lipinski definition) is 1. The molecular formula is C26H23N3O5. The minimum absolute atomic E-state index is 0.0980. The maximum absolute atomic E-state index is 13.5. The number of nitrogens with zero attached hydrogens (tertiary/aromatic N) is 3. The summed E-state index contributed by atoms with van der Waals surface area (Å²) in [6.07, 6.45) is 1.72. The Morgan fingerprint density at radius 3 is 2.85 bits per heavy atom. The Balaban J connectivity index is 1.59. The van der Waals surface area contributed by atoms with Crippen LogP contribution < -0.4 is 5.56 Å². The quantitative estimate of drug-likeness (QED) is 0.372. The number of carbonyl (C=O) groups is 1. The van der Waals surface area contributed by atoms with Crippen LogP contribution in [-0.4, -0.2) is 38.0 Å². The fraction of sp³-hybridized carbons (Fsp3) is 0.346. The van der Waals surface area contributed by atoms with Crippen molar-refractivity contribution in [2.75, 3.05) is 6.54 Å². The molecule has 1 N–H and O–H groups in total. The van der Waals surface area contributed by atoms with E-state index in [4.69, 9.17) is 9.72 Å². The van der Waals surface area contributed by atoms with Crippen LogP contribution in [0.25, 0.3) is 22.3 Å². The zero-order valence-electron chi connectivity index (χ0n) is 18.8. The molecule has 0 amide bonds. The van der Waals surface area contributed by atoms with Gasteiger partial charge in [0.2, 0.25) is 0 Å². The molecule has 0 radical (unpaired) electrons.